The molecule has 0 bridgehead atoms. The molecule has 6 amide bonds. The summed E-state index contributed by atoms with van der Waals surface area (Å²) in [4.78, 5) is 105. The number of hydrogen-bond donors (Lipinski definition) is 6. The highest BCUT2D eigenvalue weighted by atomic mass is 32.2. The molecule has 1 fully saturated rings. The smallest absolute Gasteiger partial charge is 0.326 e. The van der Waals surface area contributed by atoms with Gasteiger partial charge in [0, 0.05) is 67.4 Å². The number of thioether (sulfide) groups is 1. The van der Waals surface area contributed by atoms with Crippen LogP contribution in [-0.4, -0.2) is 134 Å². The highest BCUT2D eigenvalue weighted by molar-refractivity contribution is 8.00. The Hall–Kier alpha value is -5.23. The number of aryl methyl sites for hydroxylation is 1. The number of imide groups is 1. The zero-order valence-corrected chi connectivity index (χ0v) is 37.9. The first-order valence-corrected chi connectivity index (χ1v) is 21.3. The van der Waals surface area contributed by atoms with Crippen LogP contribution in [0.2, 0.25) is 0 Å². The number of aliphatic carboxylic acids is 2. The van der Waals surface area contributed by atoms with Crippen molar-refractivity contribution in [2.24, 2.45) is 18.4 Å². The summed E-state index contributed by atoms with van der Waals surface area (Å²) >= 11 is 1.07. The minimum Gasteiger partial charge on any atom is -0.481 e. The van der Waals surface area contributed by atoms with Crippen molar-refractivity contribution in [1.29, 1.82) is 0 Å². The molecule has 3 rings (SSSR count). The van der Waals surface area contributed by atoms with Gasteiger partial charge in [0.15, 0.2) is 0 Å². The predicted octanol–water partition coefficient (Wildman–Crippen LogP) is 2.42. The minimum atomic E-state index is -1.63. The zero-order valence-electron chi connectivity index (χ0n) is 37.1. The first-order valence-electron chi connectivity index (χ1n) is 20.3. The van der Waals surface area contributed by atoms with Gasteiger partial charge in [0.05, 0.1) is 30.2 Å². The molecule has 1 saturated heterocycles. The number of carboxylic acid groups (broad SMARTS) is 2. The summed E-state index contributed by atoms with van der Waals surface area (Å²) in [7, 11) is 5.25. The van der Waals surface area contributed by atoms with Gasteiger partial charge in [-0.15, -0.1) is 11.8 Å². The summed E-state index contributed by atoms with van der Waals surface area (Å²) in [5, 5.41) is 30.1. The third kappa shape index (κ3) is 12.7. The van der Waals surface area contributed by atoms with Gasteiger partial charge in [-0.2, -0.15) is 0 Å². The van der Waals surface area contributed by atoms with Gasteiger partial charge in [-0.25, -0.2) is 4.79 Å². The third-order valence-corrected chi connectivity index (χ3v) is 12.2. The quantitative estimate of drug-likeness (QED) is 0.0784. The summed E-state index contributed by atoms with van der Waals surface area (Å²) < 4.78 is 2.02. The number of amides is 6. The number of likely N-dealkylation sites (N-methyl/N-ethyl adjacent to an activating group) is 2. The number of para-hydroxylation sites is 1. The number of carboxylic acids is 2. The van der Waals surface area contributed by atoms with Crippen LogP contribution in [0.25, 0.3) is 10.9 Å². The van der Waals surface area contributed by atoms with Gasteiger partial charge in [0.1, 0.15) is 12.1 Å². The number of fused-ring (bicyclic) bond motifs is 1. The Labute approximate surface area is 361 Å². The monoisotopic (exact) mass is 869 g/mol. The Morgan fingerprint density at radius 2 is 1.64 bits per heavy atom. The fourth-order valence-corrected chi connectivity index (χ4v) is 8.59. The third-order valence-electron chi connectivity index (χ3n) is 11.0. The van der Waals surface area contributed by atoms with E-state index in [0.29, 0.717) is 0 Å². The first-order chi connectivity index (χ1) is 28.3. The van der Waals surface area contributed by atoms with E-state index in [-0.39, 0.29) is 49.1 Å². The van der Waals surface area contributed by atoms with Crippen molar-refractivity contribution in [3.8, 4) is 0 Å². The van der Waals surface area contributed by atoms with Crippen LogP contribution >= 0.6 is 11.8 Å². The molecule has 5 atom stereocenters. The molecule has 1 aromatic heterocycles. The molecule has 1 unspecified atom stereocenters. The van der Waals surface area contributed by atoms with Crippen molar-refractivity contribution in [3.63, 3.8) is 0 Å². The van der Waals surface area contributed by atoms with E-state index in [1.807, 2.05) is 90.5 Å². The van der Waals surface area contributed by atoms with Gasteiger partial charge >= 0.3 is 11.9 Å². The van der Waals surface area contributed by atoms with E-state index in [1.54, 1.807) is 20.2 Å². The summed E-state index contributed by atoms with van der Waals surface area (Å²) in [6.45, 7) is 14.4. The Morgan fingerprint density at radius 1 is 1.00 bits per heavy atom. The molecular formula is C43H63N7O10S. The Morgan fingerprint density at radius 3 is 2.21 bits per heavy atom. The number of nitrogens with one attached hydrogen (secondary N) is 4. The van der Waals surface area contributed by atoms with Crippen LogP contribution in [0.4, 0.5) is 0 Å². The zero-order chi connectivity index (χ0) is 46.1. The molecule has 6 N–H and O–H groups in total. The number of nitrogens with zero attached hydrogens (tertiary/aromatic N) is 3. The Balaban J connectivity index is 1.69. The molecule has 0 radical (unpaired) electrons. The number of likely N-dealkylation sites (tertiary alicyclic amines) is 1. The van der Waals surface area contributed by atoms with Crippen molar-refractivity contribution >= 4 is 70.0 Å². The van der Waals surface area contributed by atoms with E-state index in [1.165, 1.54) is 11.8 Å². The van der Waals surface area contributed by atoms with Crippen molar-refractivity contribution in [2.45, 2.75) is 109 Å². The molecular weight excluding hydrogens is 807 g/mol. The van der Waals surface area contributed by atoms with Crippen molar-refractivity contribution in [1.82, 2.24) is 35.6 Å². The summed E-state index contributed by atoms with van der Waals surface area (Å²) in [5.41, 5.74) is 0.644. The lowest BCUT2D eigenvalue weighted by Crippen LogP contribution is -2.61. The van der Waals surface area contributed by atoms with E-state index in [4.69, 9.17) is 5.11 Å². The fraction of sp³-hybridized carbons (Fsp3) is 0.581. The lowest BCUT2D eigenvalue weighted by atomic mass is 9.76. The summed E-state index contributed by atoms with van der Waals surface area (Å²) in [6.07, 6.45) is 2.68. The van der Waals surface area contributed by atoms with E-state index in [0.717, 1.165) is 33.1 Å². The number of rotatable bonds is 21. The van der Waals surface area contributed by atoms with Crippen molar-refractivity contribution < 1.29 is 48.6 Å². The lowest BCUT2D eigenvalue weighted by Gasteiger charge is -2.39. The second-order valence-corrected chi connectivity index (χ2v) is 18.8. The van der Waals surface area contributed by atoms with Crippen molar-refractivity contribution in [2.75, 3.05) is 32.9 Å². The average molecular weight is 870 g/mol. The van der Waals surface area contributed by atoms with Gasteiger partial charge in [-0.3, -0.25) is 38.5 Å². The van der Waals surface area contributed by atoms with Crippen LogP contribution in [0.3, 0.4) is 0 Å². The van der Waals surface area contributed by atoms with Gasteiger partial charge in [0.2, 0.25) is 35.4 Å². The number of hydrogen-bond acceptors (Lipinski definition) is 10. The number of carbonyl (C=O) groups is 8. The van der Waals surface area contributed by atoms with E-state index in [9.17, 15) is 43.5 Å². The molecule has 61 heavy (non-hydrogen) atoms. The van der Waals surface area contributed by atoms with Gasteiger partial charge in [-0.05, 0) is 36.9 Å². The molecule has 1 aliphatic heterocycles. The molecule has 17 nitrogen and oxygen atoms in total. The van der Waals surface area contributed by atoms with Gasteiger partial charge in [-0.1, -0.05) is 72.7 Å². The fourth-order valence-electron chi connectivity index (χ4n) is 7.48. The maximum absolute atomic E-state index is 14.4. The molecule has 18 heteroatoms. The number of benzene rings is 1. The second-order valence-electron chi connectivity index (χ2n) is 17.5. The Kier molecular flexibility index (Phi) is 17.3. The maximum Gasteiger partial charge on any atom is 0.326 e. The van der Waals surface area contributed by atoms with Crippen molar-refractivity contribution in [3.05, 3.63) is 47.7 Å². The van der Waals surface area contributed by atoms with Crippen LogP contribution in [0.5, 0.6) is 0 Å². The van der Waals surface area contributed by atoms with E-state index < -0.39 is 88.1 Å². The average Bonchev–Trinajstić information content (AvgIpc) is 3.65. The van der Waals surface area contributed by atoms with E-state index >= 15 is 0 Å². The molecule has 0 spiro atoms. The Bertz CT molecular complexity index is 2020. The van der Waals surface area contributed by atoms with Gasteiger partial charge < -0.3 is 40.9 Å². The predicted molar refractivity (Wildman–Crippen MR) is 232 cm³/mol. The van der Waals surface area contributed by atoms with Crippen LogP contribution in [0.1, 0.15) is 80.2 Å². The highest BCUT2D eigenvalue weighted by Gasteiger charge is 2.43. The topological polar surface area (TPSA) is 237 Å². The van der Waals surface area contributed by atoms with Crippen LogP contribution in [-0.2, 0) is 50.8 Å². The molecule has 336 valence electrons. The van der Waals surface area contributed by atoms with Crippen LogP contribution in [0.15, 0.2) is 42.1 Å². The molecule has 1 aliphatic rings. The molecule has 0 saturated carbocycles. The largest absolute Gasteiger partial charge is 0.481 e. The van der Waals surface area contributed by atoms with Crippen LogP contribution in [0, 0.1) is 11.3 Å². The van der Waals surface area contributed by atoms with Gasteiger partial charge in [0.25, 0.3) is 0 Å². The van der Waals surface area contributed by atoms with E-state index in [2.05, 4.69) is 21.3 Å². The summed E-state index contributed by atoms with van der Waals surface area (Å²) in [5.74, 6) is -5.79. The number of carbonyl (C=O) groups excluding carboxylic acids is 6. The highest BCUT2D eigenvalue weighted by Crippen LogP contribution is 2.35. The number of aromatic nitrogens is 1. The standard InChI is InChI=1S/C43H63N7O10S/c1-24(2)30(20-25(3)37(55)46-28(41(59)60)21-32(51)45-17-18-50-33(52)22-31(39(50)57)61-19-16-34(53)54)49(11)40(58)36(42(4,5)6)47-38(56)35(44-9)43(7,8)27-23-48(10)29-15-13-12-14-26(27)29/h12-15,20,23-24,28,30-31,35-36,44H,16-19,21-22H2,1-11H3,(H,45,51)(H,46,55)(H,47,56)(H,53,54)(H,59,60)/b25-20+/t28-,30-,31?,35-,36-/m1/s1. The molecule has 2 aromatic rings. The lowest BCUT2D eigenvalue weighted by molar-refractivity contribution is -0.143. The first kappa shape index (κ1) is 50.1. The molecule has 2 heterocycles. The molecule has 0 aliphatic carbocycles. The molecule has 1 aromatic carbocycles. The minimum absolute atomic E-state index is 0.0881. The SMILES string of the molecule is CN[C@H](C(=O)N[C@H](C(=O)N(C)[C@H](/C=C(\C)C(=O)N[C@H](CC(=O)NCCN1C(=O)CC(SCCC(=O)O)C1=O)C(=O)O)C(C)C)C(C)(C)C)C(C)(C)c1cn(C)c2ccccc12. The van der Waals surface area contributed by atoms with Crippen LogP contribution < -0.4 is 21.3 Å². The normalized spacial score (nSPS) is 16.9. The maximum atomic E-state index is 14.4. The summed E-state index contributed by atoms with van der Waals surface area (Å²) in [6, 6.07) is 3.95. The second kappa shape index (κ2) is 21.0.